The zero-order chi connectivity index (χ0) is 11.2. The lowest BCUT2D eigenvalue weighted by Crippen LogP contribution is -2.33. The average molecular weight is 226 g/mol. The zero-order valence-corrected chi connectivity index (χ0v) is 9.91. The van der Waals surface area contributed by atoms with E-state index in [1.54, 1.807) is 0 Å². The molecule has 2 aliphatic heterocycles. The Labute approximate surface area is 97.3 Å². The number of nitrogens with one attached hydrogen (secondary N) is 1. The predicted molar refractivity (Wildman–Crippen MR) is 62.3 cm³/mol. The van der Waals surface area contributed by atoms with Crippen molar-refractivity contribution in [2.75, 3.05) is 32.8 Å². The van der Waals surface area contributed by atoms with Gasteiger partial charge in [-0.3, -0.25) is 4.79 Å². The van der Waals surface area contributed by atoms with Gasteiger partial charge in [-0.2, -0.15) is 0 Å². The summed E-state index contributed by atoms with van der Waals surface area (Å²) in [4.78, 5) is 13.3. The summed E-state index contributed by atoms with van der Waals surface area (Å²) < 4.78 is 5.80. The highest BCUT2D eigenvalue weighted by molar-refractivity contribution is 5.77. The summed E-state index contributed by atoms with van der Waals surface area (Å²) in [5.74, 6) is 0.321. The number of piperidine rings is 1. The van der Waals surface area contributed by atoms with Crippen LogP contribution in [0, 0.1) is 0 Å². The van der Waals surface area contributed by atoms with Crippen molar-refractivity contribution in [3.05, 3.63) is 0 Å². The van der Waals surface area contributed by atoms with Crippen molar-refractivity contribution >= 4 is 5.91 Å². The van der Waals surface area contributed by atoms with Gasteiger partial charge in [0, 0.05) is 26.1 Å². The van der Waals surface area contributed by atoms with Gasteiger partial charge < -0.3 is 15.0 Å². The first-order chi connectivity index (χ1) is 7.86. The molecular weight excluding hydrogens is 204 g/mol. The predicted octanol–water partition coefficient (Wildman–Crippen LogP) is 0.767. The first-order valence-electron chi connectivity index (χ1n) is 6.46. The molecule has 92 valence electrons. The largest absolute Gasteiger partial charge is 0.378 e. The molecule has 1 amide bonds. The molecule has 2 saturated heterocycles. The molecule has 0 aromatic carbocycles. The lowest BCUT2D eigenvalue weighted by molar-refractivity contribution is -0.127. The molecule has 0 atom stereocenters. The van der Waals surface area contributed by atoms with Crippen LogP contribution in [-0.4, -0.2) is 49.7 Å². The maximum Gasteiger partial charge on any atom is 0.222 e. The molecular formula is C12H22N2O2. The number of rotatable bonds is 5. The molecule has 2 heterocycles. The van der Waals surface area contributed by atoms with Crippen molar-refractivity contribution < 1.29 is 9.53 Å². The smallest absolute Gasteiger partial charge is 0.222 e. The summed E-state index contributed by atoms with van der Waals surface area (Å²) in [6, 6.07) is 0. The molecule has 0 unspecified atom stereocenters. The second kappa shape index (κ2) is 6.21. The van der Waals surface area contributed by atoms with Crippen molar-refractivity contribution in [1.29, 1.82) is 0 Å². The standard InChI is InChI=1S/C12H22N2O2/c15-12-3-1-8-14(12)9-2-10-16-11-4-6-13-7-5-11/h11,13H,1-10H2. The number of carbonyl (C=O) groups is 1. The van der Waals surface area contributed by atoms with Crippen molar-refractivity contribution in [3.63, 3.8) is 0 Å². The van der Waals surface area contributed by atoms with Gasteiger partial charge in [0.1, 0.15) is 0 Å². The molecule has 0 radical (unpaired) electrons. The van der Waals surface area contributed by atoms with Crippen LogP contribution in [0.1, 0.15) is 32.1 Å². The third-order valence-corrected chi connectivity index (χ3v) is 3.38. The van der Waals surface area contributed by atoms with Crippen LogP contribution in [0.3, 0.4) is 0 Å². The summed E-state index contributed by atoms with van der Waals surface area (Å²) in [5.41, 5.74) is 0. The highest BCUT2D eigenvalue weighted by Crippen LogP contribution is 2.11. The van der Waals surface area contributed by atoms with Crippen molar-refractivity contribution in [3.8, 4) is 0 Å². The van der Waals surface area contributed by atoms with Gasteiger partial charge in [0.05, 0.1) is 6.10 Å². The second-order valence-electron chi connectivity index (χ2n) is 4.66. The average Bonchev–Trinajstić information content (AvgIpc) is 2.72. The van der Waals surface area contributed by atoms with Crippen LogP contribution in [-0.2, 0) is 9.53 Å². The van der Waals surface area contributed by atoms with E-state index in [9.17, 15) is 4.79 Å². The van der Waals surface area contributed by atoms with Crippen LogP contribution in [0.4, 0.5) is 0 Å². The van der Waals surface area contributed by atoms with Gasteiger partial charge in [-0.05, 0) is 38.8 Å². The molecule has 0 aromatic rings. The molecule has 0 saturated carbocycles. The Kier molecular flexibility index (Phi) is 4.60. The van der Waals surface area contributed by atoms with Crippen LogP contribution in [0.25, 0.3) is 0 Å². The lowest BCUT2D eigenvalue weighted by atomic mass is 10.1. The van der Waals surface area contributed by atoms with Crippen LogP contribution in [0.2, 0.25) is 0 Å². The highest BCUT2D eigenvalue weighted by atomic mass is 16.5. The van der Waals surface area contributed by atoms with E-state index < -0.39 is 0 Å². The normalized spacial score (nSPS) is 23.0. The summed E-state index contributed by atoms with van der Waals surface area (Å²) in [6.07, 6.45) is 5.46. The molecule has 16 heavy (non-hydrogen) atoms. The Morgan fingerprint density at radius 2 is 2.19 bits per heavy atom. The van der Waals surface area contributed by atoms with Crippen LogP contribution in [0.15, 0.2) is 0 Å². The number of hydrogen-bond acceptors (Lipinski definition) is 3. The Morgan fingerprint density at radius 1 is 1.38 bits per heavy atom. The van der Waals surface area contributed by atoms with E-state index in [1.807, 2.05) is 4.90 Å². The van der Waals surface area contributed by atoms with Gasteiger partial charge >= 0.3 is 0 Å². The van der Waals surface area contributed by atoms with Crippen LogP contribution in [0.5, 0.6) is 0 Å². The fourth-order valence-corrected chi connectivity index (χ4v) is 2.41. The summed E-state index contributed by atoms with van der Waals surface area (Å²) in [6.45, 7) is 4.79. The Morgan fingerprint density at radius 3 is 2.88 bits per heavy atom. The third kappa shape index (κ3) is 3.46. The quantitative estimate of drug-likeness (QED) is 0.704. The molecule has 0 spiro atoms. The molecule has 4 nitrogen and oxygen atoms in total. The van der Waals surface area contributed by atoms with Crippen molar-refractivity contribution in [2.24, 2.45) is 0 Å². The van der Waals surface area contributed by atoms with E-state index in [1.165, 1.54) is 0 Å². The van der Waals surface area contributed by atoms with E-state index in [0.29, 0.717) is 12.0 Å². The highest BCUT2D eigenvalue weighted by Gasteiger charge is 2.19. The zero-order valence-electron chi connectivity index (χ0n) is 9.91. The lowest BCUT2D eigenvalue weighted by Gasteiger charge is -2.23. The van der Waals surface area contributed by atoms with E-state index in [-0.39, 0.29) is 0 Å². The minimum atomic E-state index is 0.321. The Balaban J connectivity index is 1.52. The number of amides is 1. The maximum atomic E-state index is 11.3. The number of likely N-dealkylation sites (tertiary alicyclic amines) is 1. The molecule has 2 rings (SSSR count). The molecule has 1 N–H and O–H groups in total. The monoisotopic (exact) mass is 226 g/mol. The van der Waals surface area contributed by atoms with Gasteiger partial charge in [0.2, 0.25) is 5.91 Å². The number of carbonyl (C=O) groups excluding carboxylic acids is 1. The van der Waals surface area contributed by atoms with Gasteiger partial charge in [0.15, 0.2) is 0 Å². The minimum Gasteiger partial charge on any atom is -0.378 e. The van der Waals surface area contributed by atoms with Gasteiger partial charge in [-0.1, -0.05) is 0 Å². The molecule has 0 aliphatic carbocycles. The molecule has 2 fully saturated rings. The first kappa shape index (κ1) is 11.9. The third-order valence-electron chi connectivity index (χ3n) is 3.38. The van der Waals surface area contributed by atoms with Crippen LogP contribution < -0.4 is 5.32 Å². The second-order valence-corrected chi connectivity index (χ2v) is 4.66. The van der Waals surface area contributed by atoms with Crippen molar-refractivity contribution in [2.45, 2.75) is 38.2 Å². The molecule has 2 aliphatic rings. The van der Waals surface area contributed by atoms with E-state index >= 15 is 0 Å². The van der Waals surface area contributed by atoms with Gasteiger partial charge in [0.25, 0.3) is 0 Å². The fourth-order valence-electron chi connectivity index (χ4n) is 2.41. The van der Waals surface area contributed by atoms with E-state index in [4.69, 9.17) is 4.74 Å². The Hall–Kier alpha value is -0.610. The number of ether oxygens (including phenoxy) is 1. The maximum absolute atomic E-state index is 11.3. The minimum absolute atomic E-state index is 0.321. The fraction of sp³-hybridized carbons (Fsp3) is 0.917. The molecule has 4 heteroatoms. The summed E-state index contributed by atoms with van der Waals surface area (Å²) in [7, 11) is 0. The topological polar surface area (TPSA) is 41.6 Å². The van der Waals surface area contributed by atoms with Gasteiger partial charge in [-0.25, -0.2) is 0 Å². The van der Waals surface area contributed by atoms with E-state index in [2.05, 4.69) is 5.32 Å². The van der Waals surface area contributed by atoms with E-state index in [0.717, 1.165) is 64.9 Å². The Bertz CT molecular complexity index is 227. The van der Waals surface area contributed by atoms with Gasteiger partial charge in [-0.15, -0.1) is 0 Å². The van der Waals surface area contributed by atoms with Crippen molar-refractivity contribution in [1.82, 2.24) is 10.2 Å². The SMILES string of the molecule is O=C1CCCN1CCCOC1CCNCC1. The molecule has 0 aromatic heterocycles. The van der Waals surface area contributed by atoms with Crippen LogP contribution >= 0.6 is 0 Å². The first-order valence-corrected chi connectivity index (χ1v) is 6.46. The molecule has 0 bridgehead atoms. The summed E-state index contributed by atoms with van der Waals surface area (Å²) in [5, 5.41) is 3.32. The number of hydrogen-bond donors (Lipinski definition) is 1. The summed E-state index contributed by atoms with van der Waals surface area (Å²) >= 11 is 0. The number of nitrogens with zero attached hydrogens (tertiary/aromatic N) is 1.